The normalized spacial score (nSPS) is 13.8. The van der Waals surface area contributed by atoms with Crippen LogP contribution in [-0.4, -0.2) is 31.7 Å². The van der Waals surface area contributed by atoms with E-state index < -0.39 is 53.2 Å². The zero-order valence-corrected chi connectivity index (χ0v) is 11.2. The molecule has 18 heavy (non-hydrogen) atoms. The van der Waals surface area contributed by atoms with E-state index in [1.54, 1.807) is 0 Å². The molecule has 0 amide bonds. The highest BCUT2D eigenvalue weighted by Gasteiger charge is 2.34. The van der Waals surface area contributed by atoms with Gasteiger partial charge in [-0.2, -0.15) is 8.42 Å². The minimum Gasteiger partial charge on any atom is -0.282 e. The first kappa shape index (κ1) is 15.3. The zero-order valence-electron chi connectivity index (χ0n) is 9.59. The van der Waals surface area contributed by atoms with Crippen LogP contribution in [0.25, 0.3) is 0 Å². The Morgan fingerprint density at radius 3 is 1.28 bits per heavy atom. The maximum Gasteiger partial charge on any atom is 0.300 e. The van der Waals surface area contributed by atoms with E-state index in [1.807, 2.05) is 0 Å². The predicted octanol–water partition coefficient (Wildman–Crippen LogP) is 2.54. The van der Waals surface area contributed by atoms with E-state index in [0.717, 1.165) is 0 Å². The van der Waals surface area contributed by atoms with Crippen molar-refractivity contribution in [3.05, 3.63) is 23.3 Å². The third-order valence-corrected chi connectivity index (χ3v) is 4.51. The number of benzene rings is 1. The molecule has 0 atom stereocenters. The van der Waals surface area contributed by atoms with Crippen LogP contribution in [0.3, 0.4) is 0 Å². The number of hydrogen-bond donors (Lipinski definition) is 1. The maximum absolute atomic E-state index is 13.6. The first-order valence-corrected chi connectivity index (χ1v) is 8.70. The quantitative estimate of drug-likeness (QED) is 0.519. The van der Waals surface area contributed by atoms with Crippen molar-refractivity contribution in [2.24, 2.45) is 0 Å². The highest BCUT2D eigenvalue weighted by atomic mass is 32.3. The van der Waals surface area contributed by atoms with Crippen molar-refractivity contribution in [1.29, 1.82) is 0 Å². The number of hydrogen-bond acceptors (Lipinski definition) is 2. The van der Waals surface area contributed by atoms with Gasteiger partial charge in [-0.1, -0.05) is 0 Å². The second-order valence-corrected chi connectivity index (χ2v) is 9.67. The van der Waals surface area contributed by atoms with E-state index in [0.29, 0.717) is 0 Å². The Kier molecular flexibility index (Phi) is 3.72. The fraction of sp³-hybridized carbons (Fsp3) is 0.333. The summed E-state index contributed by atoms with van der Waals surface area (Å²) in [5, 5.41) is 0. The Morgan fingerprint density at radius 1 is 0.778 bits per heavy atom. The second kappa shape index (κ2) is 4.39. The molecule has 0 aliphatic carbocycles. The van der Waals surface area contributed by atoms with E-state index in [-0.39, 0.29) is 0 Å². The highest BCUT2D eigenvalue weighted by molar-refractivity contribution is 8.32. The molecule has 0 bridgehead atoms. The Morgan fingerprint density at radius 2 is 1.06 bits per heavy atom. The summed E-state index contributed by atoms with van der Waals surface area (Å²) in [7, 11) is -7.57. The van der Waals surface area contributed by atoms with Gasteiger partial charge in [0, 0.05) is 0 Å². The molecular formula is C9H10F4O3S2. The Balaban J connectivity index is 3.90. The SMILES string of the molecule is CS(C)(C)c1c(F)c(F)c(S(=O)(=O)O)c(F)c1F. The van der Waals surface area contributed by atoms with Gasteiger partial charge in [0.15, 0.2) is 28.2 Å². The molecule has 3 nitrogen and oxygen atoms in total. The van der Waals surface area contributed by atoms with Crippen molar-refractivity contribution in [2.45, 2.75) is 9.79 Å². The predicted molar refractivity (Wildman–Crippen MR) is 59.7 cm³/mol. The standard InChI is InChI=1S/C9H10F4O3S2/c1-17(2,3)8-4(10)6(12)9(18(14,15)16)7(13)5(8)11/h1-3H3,(H,14,15,16). The average Bonchev–Trinajstić information content (AvgIpc) is 2.10. The lowest BCUT2D eigenvalue weighted by Crippen LogP contribution is -2.14. The minimum atomic E-state index is -5.39. The molecule has 1 rings (SSSR count). The molecule has 104 valence electrons. The van der Waals surface area contributed by atoms with Crippen LogP contribution >= 0.6 is 10.0 Å². The van der Waals surface area contributed by atoms with Crippen molar-refractivity contribution in [2.75, 3.05) is 18.8 Å². The van der Waals surface area contributed by atoms with Crippen LogP contribution in [0.15, 0.2) is 9.79 Å². The van der Waals surface area contributed by atoms with Crippen molar-refractivity contribution < 1.29 is 30.5 Å². The topological polar surface area (TPSA) is 54.4 Å². The molecular weight excluding hydrogens is 296 g/mol. The molecule has 0 aliphatic rings. The van der Waals surface area contributed by atoms with Gasteiger partial charge in [-0.15, -0.1) is 0 Å². The Hall–Kier alpha value is -0.800. The van der Waals surface area contributed by atoms with Crippen molar-refractivity contribution in [3.63, 3.8) is 0 Å². The molecule has 1 aromatic carbocycles. The lowest BCUT2D eigenvalue weighted by atomic mass is 10.3. The van der Waals surface area contributed by atoms with Crippen LogP contribution in [-0.2, 0) is 10.1 Å². The molecule has 0 unspecified atom stereocenters. The molecule has 0 radical (unpaired) electrons. The van der Waals surface area contributed by atoms with Crippen LogP contribution in [0.1, 0.15) is 0 Å². The summed E-state index contributed by atoms with van der Waals surface area (Å²) in [5.74, 6) is -7.84. The second-order valence-electron chi connectivity index (χ2n) is 4.23. The molecule has 9 heteroatoms. The average molecular weight is 306 g/mol. The first-order valence-electron chi connectivity index (χ1n) is 4.40. The van der Waals surface area contributed by atoms with E-state index in [9.17, 15) is 26.0 Å². The largest absolute Gasteiger partial charge is 0.300 e. The van der Waals surface area contributed by atoms with Crippen LogP contribution in [0.5, 0.6) is 0 Å². The summed E-state index contributed by atoms with van der Waals surface area (Å²) in [6.07, 6.45) is 4.13. The maximum atomic E-state index is 13.6. The van der Waals surface area contributed by atoms with Gasteiger partial charge in [0.25, 0.3) is 0 Å². The molecule has 0 fully saturated rings. The molecule has 0 saturated carbocycles. The van der Waals surface area contributed by atoms with Gasteiger partial charge in [-0.3, -0.25) is 4.55 Å². The van der Waals surface area contributed by atoms with Crippen molar-refractivity contribution in [1.82, 2.24) is 0 Å². The third kappa shape index (κ3) is 2.47. The summed E-state index contributed by atoms with van der Waals surface area (Å²) in [5.41, 5.74) is 0. The van der Waals surface area contributed by atoms with Gasteiger partial charge in [-0.25, -0.2) is 27.6 Å². The summed E-state index contributed by atoms with van der Waals surface area (Å²) in [6.45, 7) is 0. The monoisotopic (exact) mass is 306 g/mol. The summed E-state index contributed by atoms with van der Waals surface area (Å²) >= 11 is 0. The summed E-state index contributed by atoms with van der Waals surface area (Å²) in [4.78, 5) is -2.85. The summed E-state index contributed by atoms with van der Waals surface area (Å²) < 4.78 is 84.0. The molecule has 0 heterocycles. The van der Waals surface area contributed by atoms with Gasteiger partial charge < -0.3 is 0 Å². The van der Waals surface area contributed by atoms with Crippen LogP contribution in [0, 0.1) is 23.3 Å². The molecule has 0 saturated heterocycles. The van der Waals surface area contributed by atoms with Crippen molar-refractivity contribution in [3.8, 4) is 0 Å². The zero-order chi connectivity index (χ0) is 14.5. The van der Waals surface area contributed by atoms with Crippen LogP contribution < -0.4 is 0 Å². The van der Waals surface area contributed by atoms with E-state index in [4.69, 9.17) is 4.55 Å². The Bertz CT molecular complexity index is 576. The number of halogens is 4. The fourth-order valence-corrected chi connectivity index (χ4v) is 3.24. The van der Waals surface area contributed by atoms with Crippen LogP contribution in [0.4, 0.5) is 17.6 Å². The van der Waals surface area contributed by atoms with Gasteiger partial charge in [0.1, 0.15) is 0 Å². The van der Waals surface area contributed by atoms with E-state index in [2.05, 4.69) is 0 Å². The van der Waals surface area contributed by atoms with Gasteiger partial charge >= 0.3 is 10.1 Å². The highest BCUT2D eigenvalue weighted by Crippen LogP contribution is 2.49. The fourth-order valence-electron chi connectivity index (χ4n) is 1.36. The molecule has 0 spiro atoms. The van der Waals surface area contributed by atoms with E-state index >= 15 is 0 Å². The van der Waals surface area contributed by atoms with Gasteiger partial charge in [0.2, 0.25) is 0 Å². The smallest absolute Gasteiger partial charge is 0.282 e. The minimum absolute atomic E-state index is 0.843. The number of rotatable bonds is 2. The lowest BCUT2D eigenvalue weighted by molar-refractivity contribution is 0.384. The molecule has 0 aliphatic heterocycles. The molecule has 1 N–H and O–H groups in total. The van der Waals surface area contributed by atoms with Gasteiger partial charge in [0.05, 0.1) is 4.90 Å². The summed E-state index contributed by atoms with van der Waals surface area (Å²) in [6, 6.07) is 0. The van der Waals surface area contributed by atoms with Crippen LogP contribution in [0.2, 0.25) is 0 Å². The first-order chi connectivity index (χ1) is 7.89. The Labute approximate surface area is 103 Å². The third-order valence-electron chi connectivity index (χ3n) is 2.05. The van der Waals surface area contributed by atoms with Gasteiger partial charge in [-0.05, 0) is 18.8 Å². The lowest BCUT2D eigenvalue weighted by Gasteiger charge is -2.27. The van der Waals surface area contributed by atoms with Crippen molar-refractivity contribution >= 4 is 20.1 Å². The van der Waals surface area contributed by atoms with E-state index in [1.165, 1.54) is 18.8 Å². The molecule has 1 aromatic rings. The molecule has 0 aromatic heterocycles.